The van der Waals surface area contributed by atoms with Crippen molar-refractivity contribution in [3.8, 4) is 11.4 Å². The first-order valence-corrected chi connectivity index (χ1v) is 9.62. The molecule has 3 aromatic rings. The Labute approximate surface area is 164 Å². The molecule has 2 heterocycles. The monoisotopic (exact) mass is 376 g/mol. The van der Waals surface area contributed by atoms with Gasteiger partial charge in [0, 0.05) is 30.3 Å². The summed E-state index contributed by atoms with van der Waals surface area (Å²) in [7, 11) is 0. The number of nitrogens with zero attached hydrogens (tertiary/aromatic N) is 3. The van der Waals surface area contributed by atoms with Gasteiger partial charge in [0.15, 0.2) is 0 Å². The molecule has 6 nitrogen and oxygen atoms in total. The van der Waals surface area contributed by atoms with Gasteiger partial charge in [-0.15, -0.1) is 0 Å². The van der Waals surface area contributed by atoms with Crippen LogP contribution in [-0.4, -0.2) is 34.2 Å². The van der Waals surface area contributed by atoms with Crippen LogP contribution in [0.25, 0.3) is 11.4 Å². The molecule has 0 atom stereocenters. The fraction of sp³-hybridized carbons (Fsp3) is 0.318. The maximum Gasteiger partial charge on any atom is 0.321 e. The quantitative estimate of drug-likeness (QED) is 0.715. The van der Waals surface area contributed by atoms with Gasteiger partial charge in [-0.25, -0.2) is 4.79 Å². The number of nitrogens with one attached hydrogen (secondary N) is 1. The Hall–Kier alpha value is -3.15. The Morgan fingerprint density at radius 2 is 1.86 bits per heavy atom. The molecule has 28 heavy (non-hydrogen) atoms. The van der Waals surface area contributed by atoms with Crippen molar-refractivity contribution < 1.29 is 9.32 Å². The lowest BCUT2D eigenvalue weighted by molar-refractivity contribution is 0.187. The van der Waals surface area contributed by atoms with Crippen LogP contribution in [0.1, 0.15) is 35.8 Å². The van der Waals surface area contributed by atoms with Crippen molar-refractivity contribution in [1.29, 1.82) is 0 Å². The second kappa shape index (κ2) is 7.84. The van der Waals surface area contributed by atoms with Gasteiger partial charge in [-0.3, -0.25) is 0 Å². The third-order valence-electron chi connectivity index (χ3n) is 5.24. The van der Waals surface area contributed by atoms with Crippen LogP contribution in [0.4, 0.5) is 10.5 Å². The first kappa shape index (κ1) is 18.2. The van der Waals surface area contributed by atoms with E-state index < -0.39 is 0 Å². The normalized spacial score (nSPS) is 14.9. The first-order chi connectivity index (χ1) is 13.6. The van der Waals surface area contributed by atoms with Crippen LogP contribution in [0.3, 0.4) is 0 Å². The largest absolute Gasteiger partial charge is 0.339 e. The zero-order valence-electron chi connectivity index (χ0n) is 16.2. The molecule has 1 aliphatic rings. The van der Waals surface area contributed by atoms with Gasteiger partial charge < -0.3 is 14.7 Å². The number of rotatable bonds is 3. The fourth-order valence-electron chi connectivity index (χ4n) is 3.50. The molecule has 0 spiro atoms. The van der Waals surface area contributed by atoms with Gasteiger partial charge in [0.05, 0.1) is 0 Å². The highest BCUT2D eigenvalue weighted by molar-refractivity contribution is 5.90. The zero-order chi connectivity index (χ0) is 19.5. The van der Waals surface area contributed by atoms with Crippen LogP contribution < -0.4 is 5.32 Å². The number of hydrogen-bond acceptors (Lipinski definition) is 4. The summed E-state index contributed by atoms with van der Waals surface area (Å²) in [6.07, 6.45) is 1.63. The minimum absolute atomic E-state index is 0.0531. The summed E-state index contributed by atoms with van der Waals surface area (Å²) in [6, 6.07) is 15.8. The standard InChI is InChI=1S/C22H24N4O2/c1-15-8-9-16(2)19(14-15)23-22(27)26-12-10-18(11-13-26)21-24-20(25-28-21)17-6-4-3-5-7-17/h3-9,14,18H,10-13H2,1-2H3,(H,23,27). The van der Waals surface area contributed by atoms with E-state index in [0.29, 0.717) is 24.8 Å². The molecule has 0 saturated carbocycles. The third-order valence-corrected chi connectivity index (χ3v) is 5.24. The van der Waals surface area contributed by atoms with E-state index in [1.807, 2.05) is 67.3 Å². The molecule has 1 fully saturated rings. The van der Waals surface area contributed by atoms with E-state index in [0.717, 1.165) is 35.2 Å². The summed E-state index contributed by atoms with van der Waals surface area (Å²) in [5.41, 5.74) is 4.01. The van der Waals surface area contributed by atoms with Crippen molar-refractivity contribution in [2.75, 3.05) is 18.4 Å². The van der Waals surface area contributed by atoms with Crippen molar-refractivity contribution >= 4 is 11.7 Å². The number of carbonyl (C=O) groups is 1. The van der Waals surface area contributed by atoms with E-state index in [9.17, 15) is 4.79 Å². The van der Waals surface area contributed by atoms with Crippen LogP contribution in [0.2, 0.25) is 0 Å². The van der Waals surface area contributed by atoms with Crippen LogP contribution in [0.15, 0.2) is 53.1 Å². The summed E-state index contributed by atoms with van der Waals surface area (Å²) in [6.45, 7) is 5.37. The second-order valence-electron chi connectivity index (χ2n) is 7.33. The third kappa shape index (κ3) is 3.91. The molecule has 0 bridgehead atoms. The molecular formula is C22H24N4O2. The number of carbonyl (C=O) groups excluding carboxylic acids is 1. The minimum Gasteiger partial charge on any atom is -0.339 e. The number of aryl methyl sites for hydroxylation is 2. The lowest BCUT2D eigenvalue weighted by Crippen LogP contribution is -2.40. The van der Waals surface area contributed by atoms with Gasteiger partial charge in [0.2, 0.25) is 11.7 Å². The van der Waals surface area contributed by atoms with Gasteiger partial charge in [-0.1, -0.05) is 47.6 Å². The van der Waals surface area contributed by atoms with E-state index >= 15 is 0 Å². The maximum atomic E-state index is 12.6. The molecule has 0 unspecified atom stereocenters. The van der Waals surface area contributed by atoms with Crippen molar-refractivity contribution in [3.63, 3.8) is 0 Å². The number of hydrogen-bond donors (Lipinski definition) is 1. The Morgan fingerprint density at radius 3 is 2.61 bits per heavy atom. The van der Waals surface area contributed by atoms with Gasteiger partial charge >= 0.3 is 6.03 Å². The van der Waals surface area contributed by atoms with Crippen molar-refractivity contribution in [1.82, 2.24) is 15.0 Å². The summed E-state index contributed by atoms with van der Waals surface area (Å²) >= 11 is 0. The fourth-order valence-corrected chi connectivity index (χ4v) is 3.50. The summed E-state index contributed by atoms with van der Waals surface area (Å²) < 4.78 is 5.50. The van der Waals surface area contributed by atoms with E-state index in [1.165, 1.54) is 0 Å². The predicted molar refractivity (Wildman–Crippen MR) is 108 cm³/mol. The smallest absolute Gasteiger partial charge is 0.321 e. The molecule has 2 amide bonds. The lowest BCUT2D eigenvalue weighted by atomic mass is 9.97. The van der Waals surface area contributed by atoms with E-state index in [-0.39, 0.29) is 11.9 Å². The molecule has 6 heteroatoms. The van der Waals surface area contributed by atoms with Crippen molar-refractivity contribution in [2.24, 2.45) is 0 Å². The molecule has 1 saturated heterocycles. The Kier molecular flexibility index (Phi) is 5.10. The highest BCUT2D eigenvalue weighted by Crippen LogP contribution is 2.29. The first-order valence-electron chi connectivity index (χ1n) is 9.62. The van der Waals surface area contributed by atoms with Crippen LogP contribution in [0, 0.1) is 13.8 Å². The topological polar surface area (TPSA) is 71.3 Å². The molecule has 1 N–H and O–H groups in total. The van der Waals surface area contributed by atoms with Gasteiger partial charge in [-0.05, 0) is 43.9 Å². The number of anilines is 1. The number of likely N-dealkylation sites (tertiary alicyclic amines) is 1. The minimum atomic E-state index is -0.0531. The van der Waals surface area contributed by atoms with Gasteiger partial charge in [0.25, 0.3) is 0 Å². The number of benzene rings is 2. The predicted octanol–water partition coefficient (Wildman–Crippen LogP) is 4.76. The Bertz CT molecular complexity index is 960. The van der Waals surface area contributed by atoms with E-state index in [4.69, 9.17) is 4.52 Å². The van der Waals surface area contributed by atoms with Gasteiger partial charge in [0.1, 0.15) is 0 Å². The van der Waals surface area contributed by atoms with E-state index in [2.05, 4.69) is 15.5 Å². The molecule has 1 aromatic heterocycles. The number of piperidine rings is 1. The number of aromatic nitrogens is 2. The van der Waals surface area contributed by atoms with Crippen LogP contribution >= 0.6 is 0 Å². The van der Waals surface area contributed by atoms with Crippen LogP contribution in [0.5, 0.6) is 0 Å². The molecule has 0 radical (unpaired) electrons. The van der Waals surface area contributed by atoms with E-state index in [1.54, 1.807) is 0 Å². The highest BCUT2D eigenvalue weighted by atomic mass is 16.5. The average molecular weight is 376 g/mol. The number of amides is 2. The molecule has 2 aromatic carbocycles. The molecule has 0 aliphatic carbocycles. The second-order valence-corrected chi connectivity index (χ2v) is 7.33. The van der Waals surface area contributed by atoms with Crippen molar-refractivity contribution in [2.45, 2.75) is 32.6 Å². The molecule has 4 rings (SSSR count). The Balaban J connectivity index is 1.36. The average Bonchev–Trinajstić information content (AvgIpc) is 3.22. The summed E-state index contributed by atoms with van der Waals surface area (Å²) in [4.78, 5) is 19.0. The number of urea groups is 1. The van der Waals surface area contributed by atoms with Crippen molar-refractivity contribution in [3.05, 3.63) is 65.5 Å². The lowest BCUT2D eigenvalue weighted by Gasteiger charge is -2.30. The zero-order valence-corrected chi connectivity index (χ0v) is 16.2. The summed E-state index contributed by atoms with van der Waals surface area (Å²) in [5.74, 6) is 1.47. The molecule has 144 valence electrons. The highest BCUT2D eigenvalue weighted by Gasteiger charge is 2.27. The maximum absolute atomic E-state index is 12.6. The van der Waals surface area contributed by atoms with Gasteiger partial charge in [-0.2, -0.15) is 4.98 Å². The molecular weight excluding hydrogens is 352 g/mol. The van der Waals surface area contributed by atoms with Crippen LogP contribution in [-0.2, 0) is 0 Å². The molecule has 1 aliphatic heterocycles. The summed E-state index contributed by atoms with van der Waals surface area (Å²) in [5, 5.41) is 7.15. The Morgan fingerprint density at radius 1 is 1.11 bits per heavy atom. The SMILES string of the molecule is Cc1ccc(C)c(NC(=O)N2CCC(c3nc(-c4ccccc4)no3)CC2)c1.